The topological polar surface area (TPSA) is 66.0 Å². The number of hydrogen-bond donors (Lipinski definition) is 1. The van der Waals surface area contributed by atoms with E-state index in [1.54, 1.807) is 7.11 Å². The van der Waals surface area contributed by atoms with E-state index >= 15 is 0 Å². The van der Waals surface area contributed by atoms with Crippen molar-refractivity contribution in [3.05, 3.63) is 0 Å². The fourth-order valence-corrected chi connectivity index (χ4v) is 5.27. The van der Waals surface area contributed by atoms with Crippen LogP contribution in [-0.4, -0.2) is 58.9 Å². The molecule has 0 fully saturated rings. The summed E-state index contributed by atoms with van der Waals surface area (Å²) in [6.07, 6.45) is 32.6. The average molecular weight is 600 g/mol. The molecule has 0 saturated heterocycles. The van der Waals surface area contributed by atoms with E-state index in [0.717, 1.165) is 32.5 Å². The number of amides is 1. The molecular weight excluding hydrogens is 526 g/mol. The van der Waals surface area contributed by atoms with E-state index < -0.39 is 6.09 Å². The van der Waals surface area contributed by atoms with E-state index in [1.807, 2.05) is 0 Å². The molecule has 0 heterocycles. The fraction of sp³-hybridized carbons (Fsp3) is 0.972. The van der Waals surface area contributed by atoms with Gasteiger partial charge in [-0.3, -0.25) is 0 Å². The minimum absolute atomic E-state index is 0.00862. The molecule has 0 rings (SSSR count). The highest BCUT2D eigenvalue weighted by Gasteiger charge is 2.11. The first-order valence-corrected chi connectivity index (χ1v) is 18.3. The van der Waals surface area contributed by atoms with Crippen molar-refractivity contribution in [1.82, 2.24) is 5.32 Å². The zero-order valence-electron chi connectivity index (χ0n) is 28.5. The summed E-state index contributed by atoms with van der Waals surface area (Å²) in [7, 11) is 1.59. The second kappa shape index (κ2) is 36.3. The smallest absolute Gasteiger partial charge is 0.407 e. The summed E-state index contributed by atoms with van der Waals surface area (Å²) < 4.78 is 22.2. The van der Waals surface area contributed by atoms with E-state index in [4.69, 9.17) is 18.9 Å². The number of rotatable bonds is 35. The largest absolute Gasteiger partial charge is 0.447 e. The quantitative estimate of drug-likeness (QED) is 0.0734. The maximum atomic E-state index is 11.8. The highest BCUT2D eigenvalue weighted by molar-refractivity contribution is 5.66. The van der Waals surface area contributed by atoms with Gasteiger partial charge in [-0.05, 0) is 19.3 Å². The molecule has 0 aromatic rings. The molecule has 1 amide bonds. The van der Waals surface area contributed by atoms with Gasteiger partial charge in [0, 0.05) is 26.9 Å². The fourth-order valence-electron chi connectivity index (χ4n) is 5.27. The van der Waals surface area contributed by atoms with Gasteiger partial charge in [0.15, 0.2) is 0 Å². The van der Waals surface area contributed by atoms with Crippen LogP contribution >= 0.6 is 0 Å². The van der Waals surface area contributed by atoms with Crippen molar-refractivity contribution in [2.45, 2.75) is 180 Å². The van der Waals surface area contributed by atoms with Crippen LogP contribution in [0.1, 0.15) is 174 Å². The minimum atomic E-state index is -0.399. The summed E-state index contributed by atoms with van der Waals surface area (Å²) in [5.74, 6) is 0. The minimum Gasteiger partial charge on any atom is -0.447 e. The standard InChI is InChI=1S/C36H73NO5/c1-4-6-8-10-12-14-16-18-20-22-24-26-30-40-34-35(28-29-37-36(38)42-33-32-39-3)41-31-27-25-23-21-19-17-15-13-11-9-7-5-2/h35H,4-34H2,1-3H3,(H,37,38). The van der Waals surface area contributed by atoms with Crippen LogP contribution in [0.15, 0.2) is 0 Å². The van der Waals surface area contributed by atoms with Crippen LogP contribution in [0, 0.1) is 0 Å². The van der Waals surface area contributed by atoms with Crippen LogP contribution in [0.4, 0.5) is 4.79 Å². The molecule has 42 heavy (non-hydrogen) atoms. The van der Waals surface area contributed by atoms with Crippen molar-refractivity contribution in [3.8, 4) is 0 Å². The van der Waals surface area contributed by atoms with Gasteiger partial charge in [-0.25, -0.2) is 4.79 Å². The highest BCUT2D eigenvalue weighted by Crippen LogP contribution is 2.14. The number of ether oxygens (including phenoxy) is 4. The molecule has 1 N–H and O–H groups in total. The van der Waals surface area contributed by atoms with Gasteiger partial charge in [-0.15, -0.1) is 0 Å². The first-order chi connectivity index (χ1) is 20.7. The van der Waals surface area contributed by atoms with Crippen molar-refractivity contribution >= 4 is 6.09 Å². The van der Waals surface area contributed by atoms with Gasteiger partial charge < -0.3 is 24.3 Å². The molecule has 0 saturated carbocycles. The Morgan fingerprint density at radius 1 is 0.548 bits per heavy atom. The second-order valence-corrected chi connectivity index (χ2v) is 12.2. The van der Waals surface area contributed by atoms with Crippen LogP contribution in [0.2, 0.25) is 0 Å². The van der Waals surface area contributed by atoms with Crippen LogP contribution < -0.4 is 5.32 Å². The van der Waals surface area contributed by atoms with Crippen LogP contribution in [-0.2, 0) is 18.9 Å². The maximum absolute atomic E-state index is 11.8. The van der Waals surface area contributed by atoms with Crippen molar-refractivity contribution < 1.29 is 23.7 Å². The SMILES string of the molecule is CCCCCCCCCCCCCCOCC(CCNC(=O)OCCOC)OCCCCCCCCCCCCCC. The first kappa shape index (κ1) is 41.1. The highest BCUT2D eigenvalue weighted by atomic mass is 16.6. The Kier molecular flexibility index (Phi) is 35.6. The molecule has 1 atom stereocenters. The van der Waals surface area contributed by atoms with Gasteiger partial charge in [-0.1, -0.05) is 155 Å². The van der Waals surface area contributed by atoms with Gasteiger partial charge in [0.2, 0.25) is 0 Å². The Morgan fingerprint density at radius 3 is 1.43 bits per heavy atom. The van der Waals surface area contributed by atoms with E-state index in [0.29, 0.717) is 19.8 Å². The lowest BCUT2D eigenvalue weighted by atomic mass is 10.1. The monoisotopic (exact) mass is 600 g/mol. The molecule has 1 unspecified atom stereocenters. The van der Waals surface area contributed by atoms with Gasteiger partial charge in [-0.2, -0.15) is 0 Å². The normalized spacial score (nSPS) is 12.1. The number of carbonyl (C=O) groups is 1. The third kappa shape index (κ3) is 33.6. The zero-order chi connectivity index (χ0) is 30.6. The molecule has 252 valence electrons. The second-order valence-electron chi connectivity index (χ2n) is 12.2. The lowest BCUT2D eigenvalue weighted by Gasteiger charge is -2.18. The molecule has 0 radical (unpaired) electrons. The van der Waals surface area contributed by atoms with Gasteiger partial charge in [0.1, 0.15) is 6.61 Å². The van der Waals surface area contributed by atoms with Gasteiger partial charge >= 0.3 is 6.09 Å². The van der Waals surface area contributed by atoms with Crippen LogP contribution in [0.5, 0.6) is 0 Å². The molecule has 0 aromatic carbocycles. The molecule has 0 aliphatic heterocycles. The number of hydrogen-bond acceptors (Lipinski definition) is 5. The summed E-state index contributed by atoms with van der Waals surface area (Å²) in [5, 5.41) is 2.82. The van der Waals surface area contributed by atoms with Crippen LogP contribution in [0.25, 0.3) is 0 Å². The molecule has 0 aromatic heterocycles. The van der Waals surface area contributed by atoms with Crippen molar-refractivity contribution in [2.24, 2.45) is 0 Å². The van der Waals surface area contributed by atoms with Crippen molar-refractivity contribution in [3.63, 3.8) is 0 Å². The van der Waals surface area contributed by atoms with Crippen molar-refractivity contribution in [2.75, 3.05) is 46.7 Å². The molecule has 6 nitrogen and oxygen atoms in total. The molecule has 0 aliphatic rings. The van der Waals surface area contributed by atoms with Gasteiger partial charge in [0.25, 0.3) is 0 Å². The molecule has 0 spiro atoms. The first-order valence-electron chi connectivity index (χ1n) is 18.3. The number of nitrogens with one attached hydrogen (secondary N) is 1. The average Bonchev–Trinajstić information content (AvgIpc) is 2.99. The Morgan fingerprint density at radius 2 is 0.976 bits per heavy atom. The Balaban J connectivity index is 3.91. The van der Waals surface area contributed by atoms with Crippen molar-refractivity contribution in [1.29, 1.82) is 0 Å². The summed E-state index contributed by atoms with van der Waals surface area (Å²) >= 11 is 0. The number of unbranched alkanes of at least 4 members (excludes halogenated alkanes) is 22. The summed E-state index contributed by atoms with van der Waals surface area (Å²) in [5.41, 5.74) is 0. The number of methoxy groups -OCH3 is 1. The van der Waals surface area contributed by atoms with E-state index in [-0.39, 0.29) is 12.7 Å². The summed E-state index contributed by atoms with van der Waals surface area (Å²) in [6, 6.07) is 0. The molecule has 6 heteroatoms. The number of carbonyl (C=O) groups excluding carboxylic acids is 1. The summed E-state index contributed by atoms with van der Waals surface area (Å²) in [4.78, 5) is 11.8. The maximum Gasteiger partial charge on any atom is 0.407 e. The Labute approximate surface area is 262 Å². The summed E-state index contributed by atoms with van der Waals surface area (Å²) in [6.45, 7) is 7.91. The lowest BCUT2D eigenvalue weighted by molar-refractivity contribution is -0.0220. The van der Waals surface area contributed by atoms with E-state index in [9.17, 15) is 4.79 Å². The van der Waals surface area contributed by atoms with Crippen LogP contribution in [0.3, 0.4) is 0 Å². The Hall–Kier alpha value is -0.850. The Bertz CT molecular complexity index is 519. The predicted molar refractivity (Wildman–Crippen MR) is 179 cm³/mol. The predicted octanol–water partition coefficient (Wildman–Crippen LogP) is 10.6. The third-order valence-corrected chi connectivity index (χ3v) is 8.05. The zero-order valence-corrected chi connectivity index (χ0v) is 28.5. The van der Waals surface area contributed by atoms with E-state index in [1.165, 1.54) is 141 Å². The lowest BCUT2D eigenvalue weighted by Crippen LogP contribution is -2.31. The molecule has 0 bridgehead atoms. The molecule has 0 aliphatic carbocycles. The number of alkyl carbamates (subject to hydrolysis) is 1. The third-order valence-electron chi connectivity index (χ3n) is 8.05. The van der Waals surface area contributed by atoms with Gasteiger partial charge in [0.05, 0.1) is 19.3 Å². The van der Waals surface area contributed by atoms with E-state index in [2.05, 4.69) is 19.2 Å². The molecular formula is C36H73NO5.